The maximum atomic E-state index is 6.11. The van der Waals surface area contributed by atoms with Gasteiger partial charge in [-0.2, -0.15) is 0 Å². The van der Waals surface area contributed by atoms with Gasteiger partial charge < -0.3 is 9.47 Å². The van der Waals surface area contributed by atoms with Crippen LogP contribution in [-0.4, -0.2) is 13.2 Å². The molecule has 0 aromatic rings. The highest BCUT2D eigenvalue weighted by atomic mass is 16.5. The molecule has 1 saturated carbocycles. The summed E-state index contributed by atoms with van der Waals surface area (Å²) in [6.45, 7) is 10.6. The van der Waals surface area contributed by atoms with Gasteiger partial charge in [0.05, 0.1) is 25.7 Å². The van der Waals surface area contributed by atoms with Gasteiger partial charge in [0.25, 0.3) is 0 Å². The predicted octanol–water partition coefficient (Wildman–Crippen LogP) is 7.94. The zero-order valence-electron chi connectivity index (χ0n) is 18.1. The molecule has 26 heavy (non-hydrogen) atoms. The van der Waals surface area contributed by atoms with E-state index in [4.69, 9.17) is 9.47 Å². The zero-order valence-corrected chi connectivity index (χ0v) is 18.1. The molecule has 0 heterocycles. The number of unbranched alkanes of at least 4 members (excludes halogenated alkanes) is 2. The Hall–Kier alpha value is -0.920. The minimum absolute atomic E-state index is 0.207. The first kappa shape index (κ1) is 23.1. The van der Waals surface area contributed by atoms with E-state index >= 15 is 0 Å². The van der Waals surface area contributed by atoms with E-state index < -0.39 is 0 Å². The maximum absolute atomic E-state index is 6.11. The van der Waals surface area contributed by atoms with Crippen molar-refractivity contribution < 1.29 is 9.47 Å². The van der Waals surface area contributed by atoms with E-state index in [1.54, 1.807) is 0 Å². The van der Waals surface area contributed by atoms with E-state index in [0.717, 1.165) is 26.1 Å². The van der Waals surface area contributed by atoms with Crippen LogP contribution >= 0.6 is 0 Å². The first-order chi connectivity index (χ1) is 12.7. The molecule has 2 nitrogen and oxygen atoms in total. The van der Waals surface area contributed by atoms with Crippen molar-refractivity contribution in [2.45, 2.75) is 111 Å². The van der Waals surface area contributed by atoms with Gasteiger partial charge in [0.15, 0.2) is 0 Å². The highest BCUT2D eigenvalue weighted by Gasteiger charge is 2.33. The lowest BCUT2D eigenvalue weighted by Gasteiger charge is -2.36. The van der Waals surface area contributed by atoms with Crippen LogP contribution in [0.15, 0.2) is 23.7 Å². The molecule has 1 fully saturated rings. The molecule has 0 aliphatic heterocycles. The maximum Gasteiger partial charge on any atom is 0.0962 e. The summed E-state index contributed by atoms with van der Waals surface area (Å²) in [7, 11) is 0. The van der Waals surface area contributed by atoms with Gasteiger partial charge >= 0.3 is 0 Å². The van der Waals surface area contributed by atoms with E-state index in [9.17, 15) is 0 Å². The smallest absolute Gasteiger partial charge is 0.0962 e. The Bertz CT molecular complexity index is 370. The van der Waals surface area contributed by atoms with Crippen molar-refractivity contribution in [1.82, 2.24) is 0 Å². The molecule has 0 atom stereocenters. The van der Waals surface area contributed by atoms with Crippen LogP contribution in [0.25, 0.3) is 0 Å². The predicted molar refractivity (Wildman–Crippen MR) is 113 cm³/mol. The van der Waals surface area contributed by atoms with E-state index in [2.05, 4.69) is 40.2 Å². The lowest BCUT2D eigenvalue weighted by molar-refractivity contribution is 0.00895. The van der Waals surface area contributed by atoms with Gasteiger partial charge in [-0.1, -0.05) is 59.8 Å². The standard InChI is InChI=1S/C24H44O2/c1-5-9-14-22(7-3)18-25-20-24(16-12-11-13-17-24)21-26-19-23(8-4)15-10-6-2/h18-19H,5-17,20-21H2,1-4H3. The fourth-order valence-electron chi connectivity index (χ4n) is 3.75. The lowest BCUT2D eigenvalue weighted by Crippen LogP contribution is -2.33. The Balaban J connectivity index is 2.57. The van der Waals surface area contributed by atoms with Crippen LogP contribution in [-0.2, 0) is 9.47 Å². The molecule has 152 valence electrons. The van der Waals surface area contributed by atoms with Gasteiger partial charge in [-0.15, -0.1) is 0 Å². The topological polar surface area (TPSA) is 18.5 Å². The highest BCUT2D eigenvalue weighted by molar-refractivity contribution is 4.98. The fraction of sp³-hybridized carbons (Fsp3) is 0.833. The molecule has 0 N–H and O–H groups in total. The number of rotatable bonds is 14. The van der Waals surface area contributed by atoms with E-state index in [1.807, 2.05) is 0 Å². The summed E-state index contributed by atoms with van der Waals surface area (Å²) in [6.07, 6.45) is 20.2. The van der Waals surface area contributed by atoms with E-state index in [-0.39, 0.29) is 5.41 Å². The summed E-state index contributed by atoms with van der Waals surface area (Å²) in [5, 5.41) is 0. The average molecular weight is 365 g/mol. The second kappa shape index (κ2) is 14.2. The van der Waals surface area contributed by atoms with Gasteiger partial charge in [-0.3, -0.25) is 0 Å². The van der Waals surface area contributed by atoms with Crippen molar-refractivity contribution in [2.75, 3.05) is 13.2 Å². The Morgan fingerprint density at radius 1 is 0.731 bits per heavy atom. The zero-order chi connectivity index (χ0) is 19.1. The van der Waals surface area contributed by atoms with Gasteiger partial charge in [-0.05, 0) is 62.5 Å². The molecule has 1 aliphatic rings. The van der Waals surface area contributed by atoms with Crippen LogP contribution in [0.4, 0.5) is 0 Å². The van der Waals surface area contributed by atoms with Crippen molar-refractivity contribution in [3.63, 3.8) is 0 Å². The Morgan fingerprint density at radius 3 is 1.58 bits per heavy atom. The van der Waals surface area contributed by atoms with Crippen molar-refractivity contribution in [3.8, 4) is 0 Å². The Kier molecular flexibility index (Phi) is 12.6. The van der Waals surface area contributed by atoms with Crippen LogP contribution in [0, 0.1) is 5.41 Å². The largest absolute Gasteiger partial charge is 0.501 e. The molecule has 0 aromatic heterocycles. The second-order valence-electron chi connectivity index (χ2n) is 8.15. The van der Waals surface area contributed by atoms with Crippen LogP contribution in [0.1, 0.15) is 111 Å². The minimum Gasteiger partial charge on any atom is -0.501 e. The van der Waals surface area contributed by atoms with E-state index in [0.29, 0.717) is 0 Å². The van der Waals surface area contributed by atoms with Crippen molar-refractivity contribution >= 4 is 0 Å². The summed E-state index contributed by atoms with van der Waals surface area (Å²) in [5.74, 6) is 0. The SMILES string of the molecule is CCCCC(=COCC1(COC=C(CC)CCCC)CCCCC1)CC. The molecule has 1 aliphatic carbocycles. The molecule has 0 amide bonds. The van der Waals surface area contributed by atoms with Crippen LogP contribution < -0.4 is 0 Å². The number of hydrogen-bond donors (Lipinski definition) is 0. The summed E-state index contributed by atoms with van der Waals surface area (Å²) < 4.78 is 12.2. The summed E-state index contributed by atoms with van der Waals surface area (Å²) in [6, 6.07) is 0. The molecule has 2 heteroatoms. The normalized spacial score (nSPS) is 18.0. The monoisotopic (exact) mass is 364 g/mol. The third-order valence-corrected chi connectivity index (χ3v) is 5.80. The minimum atomic E-state index is 0.207. The molecular weight excluding hydrogens is 320 g/mol. The van der Waals surface area contributed by atoms with Crippen molar-refractivity contribution in [2.24, 2.45) is 5.41 Å². The number of ether oxygens (including phenoxy) is 2. The highest BCUT2D eigenvalue weighted by Crippen LogP contribution is 2.37. The molecule has 0 saturated heterocycles. The van der Waals surface area contributed by atoms with Gasteiger partial charge in [0.1, 0.15) is 0 Å². The third-order valence-electron chi connectivity index (χ3n) is 5.80. The average Bonchev–Trinajstić information content (AvgIpc) is 2.68. The molecular formula is C24H44O2. The number of allylic oxidation sites excluding steroid dienone is 2. The van der Waals surface area contributed by atoms with Crippen LogP contribution in [0.3, 0.4) is 0 Å². The Labute approximate surface area is 163 Å². The summed E-state index contributed by atoms with van der Waals surface area (Å²) in [5.41, 5.74) is 3.11. The molecule has 0 spiro atoms. The molecule has 0 aromatic carbocycles. The van der Waals surface area contributed by atoms with Gasteiger partial charge in [0.2, 0.25) is 0 Å². The Morgan fingerprint density at radius 2 is 1.19 bits per heavy atom. The van der Waals surface area contributed by atoms with Crippen LogP contribution in [0.2, 0.25) is 0 Å². The van der Waals surface area contributed by atoms with E-state index in [1.165, 1.54) is 81.8 Å². The van der Waals surface area contributed by atoms with Crippen molar-refractivity contribution in [1.29, 1.82) is 0 Å². The lowest BCUT2D eigenvalue weighted by atomic mass is 9.75. The van der Waals surface area contributed by atoms with Gasteiger partial charge in [-0.25, -0.2) is 0 Å². The first-order valence-corrected chi connectivity index (χ1v) is 11.3. The van der Waals surface area contributed by atoms with Crippen LogP contribution in [0.5, 0.6) is 0 Å². The molecule has 0 unspecified atom stereocenters. The quantitative estimate of drug-likeness (QED) is 0.291. The first-order valence-electron chi connectivity index (χ1n) is 11.3. The number of hydrogen-bond acceptors (Lipinski definition) is 2. The summed E-state index contributed by atoms with van der Waals surface area (Å²) in [4.78, 5) is 0. The van der Waals surface area contributed by atoms with Gasteiger partial charge in [0, 0.05) is 5.41 Å². The van der Waals surface area contributed by atoms with Crippen molar-refractivity contribution in [3.05, 3.63) is 23.7 Å². The molecule has 0 radical (unpaired) electrons. The fourth-order valence-corrected chi connectivity index (χ4v) is 3.75. The molecule has 0 bridgehead atoms. The third kappa shape index (κ3) is 9.14. The summed E-state index contributed by atoms with van der Waals surface area (Å²) >= 11 is 0. The second-order valence-corrected chi connectivity index (χ2v) is 8.15. The molecule has 1 rings (SSSR count).